The van der Waals surface area contributed by atoms with Crippen LogP contribution in [0.1, 0.15) is 51.5 Å². The maximum atomic E-state index is 5.90. The van der Waals surface area contributed by atoms with Crippen LogP contribution < -0.4 is 11.1 Å². The number of nitrogens with one attached hydrogen (secondary N) is 1. The fraction of sp³-hybridized carbons (Fsp3) is 0.667. The quantitative estimate of drug-likeness (QED) is 0.277. The SMILES string of the molecule is CCC(C)NC1CCCC(SC)(SC)CC1N(C)C(=S)c1ccc(N)cc1. The first-order valence-electron chi connectivity index (χ1n) is 9.84. The van der Waals surface area contributed by atoms with Crippen LogP contribution in [0.3, 0.4) is 0 Å². The summed E-state index contributed by atoms with van der Waals surface area (Å²) in [6, 6.07) is 9.31. The number of rotatable bonds is 7. The van der Waals surface area contributed by atoms with Gasteiger partial charge in [-0.3, -0.25) is 0 Å². The molecule has 1 aromatic rings. The summed E-state index contributed by atoms with van der Waals surface area (Å²) in [5.74, 6) is 0. The second-order valence-electron chi connectivity index (χ2n) is 7.60. The first kappa shape index (κ1) is 22.9. The van der Waals surface area contributed by atoms with Gasteiger partial charge < -0.3 is 16.0 Å². The summed E-state index contributed by atoms with van der Waals surface area (Å²) in [7, 11) is 2.17. The zero-order valence-electron chi connectivity index (χ0n) is 17.3. The Morgan fingerprint density at radius 2 is 1.96 bits per heavy atom. The molecule has 0 heterocycles. The van der Waals surface area contributed by atoms with Gasteiger partial charge in [0.05, 0.1) is 4.08 Å². The predicted octanol–water partition coefficient (Wildman–Crippen LogP) is 5.00. The molecule has 0 amide bonds. The first-order chi connectivity index (χ1) is 12.9. The highest BCUT2D eigenvalue weighted by atomic mass is 32.2. The molecule has 0 aliphatic heterocycles. The Morgan fingerprint density at radius 1 is 1.33 bits per heavy atom. The summed E-state index contributed by atoms with van der Waals surface area (Å²) in [4.78, 5) is 3.25. The van der Waals surface area contributed by atoms with Gasteiger partial charge in [-0.05, 0) is 75.8 Å². The number of hydrogen-bond donors (Lipinski definition) is 2. The van der Waals surface area contributed by atoms with Crippen LogP contribution in [-0.2, 0) is 0 Å². The van der Waals surface area contributed by atoms with Gasteiger partial charge in [-0.25, -0.2) is 0 Å². The Bertz CT molecular complexity index is 601. The van der Waals surface area contributed by atoms with E-state index in [2.05, 4.69) is 43.6 Å². The molecule has 152 valence electrons. The minimum absolute atomic E-state index is 0.265. The van der Waals surface area contributed by atoms with Gasteiger partial charge in [-0.1, -0.05) is 19.1 Å². The number of thiocarbonyl (C=S) groups is 1. The number of thioether (sulfide) groups is 2. The highest BCUT2D eigenvalue weighted by Gasteiger charge is 2.40. The molecule has 1 saturated carbocycles. The zero-order chi connectivity index (χ0) is 20.0. The van der Waals surface area contributed by atoms with E-state index in [1.165, 1.54) is 19.3 Å². The van der Waals surface area contributed by atoms with Crippen LogP contribution in [0.25, 0.3) is 0 Å². The minimum atomic E-state index is 0.265. The molecule has 3 N–H and O–H groups in total. The Labute approximate surface area is 179 Å². The number of benzene rings is 1. The Morgan fingerprint density at radius 3 is 2.52 bits per heavy atom. The molecular weight excluding hydrogens is 390 g/mol. The van der Waals surface area contributed by atoms with E-state index >= 15 is 0 Å². The third-order valence-corrected chi connectivity index (χ3v) is 9.64. The van der Waals surface area contributed by atoms with Gasteiger partial charge >= 0.3 is 0 Å². The highest BCUT2D eigenvalue weighted by Crippen LogP contribution is 2.46. The molecule has 3 atom stereocenters. The first-order valence-corrected chi connectivity index (χ1v) is 12.7. The van der Waals surface area contributed by atoms with Crippen LogP contribution in [-0.4, -0.2) is 51.7 Å². The zero-order valence-corrected chi connectivity index (χ0v) is 19.8. The molecule has 1 fully saturated rings. The number of nitrogens with two attached hydrogens (primary N) is 1. The van der Waals surface area contributed by atoms with E-state index in [4.69, 9.17) is 18.0 Å². The molecule has 2 rings (SSSR count). The highest BCUT2D eigenvalue weighted by molar-refractivity contribution is 8.17. The maximum absolute atomic E-state index is 5.90. The lowest BCUT2D eigenvalue weighted by atomic mass is 9.99. The lowest BCUT2D eigenvalue weighted by molar-refractivity contribution is 0.250. The second kappa shape index (κ2) is 10.4. The summed E-state index contributed by atoms with van der Waals surface area (Å²) in [5.41, 5.74) is 7.71. The lowest BCUT2D eigenvalue weighted by Crippen LogP contribution is -2.53. The van der Waals surface area contributed by atoms with Crippen molar-refractivity contribution in [3.63, 3.8) is 0 Å². The molecule has 0 spiro atoms. The van der Waals surface area contributed by atoms with Crippen molar-refractivity contribution in [1.82, 2.24) is 10.2 Å². The lowest BCUT2D eigenvalue weighted by Gasteiger charge is -2.40. The molecule has 0 aromatic heterocycles. The third kappa shape index (κ3) is 5.78. The smallest absolute Gasteiger partial charge is 0.109 e. The van der Waals surface area contributed by atoms with Crippen molar-refractivity contribution in [1.29, 1.82) is 0 Å². The average Bonchev–Trinajstić information content (AvgIpc) is 2.87. The average molecular weight is 426 g/mol. The molecule has 27 heavy (non-hydrogen) atoms. The van der Waals surface area contributed by atoms with Crippen molar-refractivity contribution in [2.45, 2.75) is 68.2 Å². The van der Waals surface area contributed by atoms with Crippen LogP contribution in [0.15, 0.2) is 24.3 Å². The van der Waals surface area contributed by atoms with Crippen LogP contribution in [0.4, 0.5) is 5.69 Å². The topological polar surface area (TPSA) is 41.3 Å². The molecular formula is C21H35N3S3. The number of likely N-dealkylation sites (N-methyl/N-ethyl adjacent to an activating group) is 1. The summed E-state index contributed by atoms with van der Waals surface area (Å²) < 4.78 is 0.265. The van der Waals surface area contributed by atoms with Crippen molar-refractivity contribution in [3.05, 3.63) is 29.8 Å². The van der Waals surface area contributed by atoms with Crippen molar-refractivity contribution < 1.29 is 0 Å². The van der Waals surface area contributed by atoms with Crippen LogP contribution in [0, 0.1) is 0 Å². The normalized spacial score (nSPS) is 23.4. The molecule has 0 bridgehead atoms. The molecule has 1 aromatic carbocycles. The summed E-state index contributed by atoms with van der Waals surface area (Å²) >= 11 is 9.92. The monoisotopic (exact) mass is 425 g/mol. The Balaban J connectivity index is 2.30. The number of nitrogen functional groups attached to an aromatic ring is 1. The maximum Gasteiger partial charge on any atom is 0.109 e. The summed E-state index contributed by atoms with van der Waals surface area (Å²) in [5, 5.41) is 3.90. The third-order valence-electron chi connectivity index (χ3n) is 5.89. The van der Waals surface area contributed by atoms with Gasteiger partial charge in [0.25, 0.3) is 0 Å². The predicted molar refractivity (Wildman–Crippen MR) is 129 cm³/mol. The van der Waals surface area contributed by atoms with Gasteiger partial charge in [0.15, 0.2) is 0 Å². The van der Waals surface area contributed by atoms with Crippen LogP contribution in [0.5, 0.6) is 0 Å². The fourth-order valence-corrected chi connectivity index (χ4v) is 6.18. The van der Waals surface area contributed by atoms with E-state index in [1.807, 2.05) is 47.8 Å². The minimum Gasteiger partial charge on any atom is -0.399 e. The molecule has 3 nitrogen and oxygen atoms in total. The van der Waals surface area contributed by atoms with E-state index in [0.29, 0.717) is 18.1 Å². The molecule has 0 saturated heterocycles. The molecule has 6 heteroatoms. The van der Waals surface area contributed by atoms with E-state index < -0.39 is 0 Å². The van der Waals surface area contributed by atoms with Gasteiger partial charge in [0.2, 0.25) is 0 Å². The van der Waals surface area contributed by atoms with E-state index in [9.17, 15) is 0 Å². The van der Waals surface area contributed by atoms with Gasteiger partial charge in [-0.2, -0.15) is 0 Å². The summed E-state index contributed by atoms with van der Waals surface area (Å²) in [6.45, 7) is 4.54. The van der Waals surface area contributed by atoms with Crippen molar-refractivity contribution in [2.75, 3.05) is 25.3 Å². The number of anilines is 1. The largest absolute Gasteiger partial charge is 0.399 e. The number of nitrogens with zero attached hydrogens (tertiary/aromatic N) is 1. The van der Waals surface area contributed by atoms with Crippen LogP contribution in [0.2, 0.25) is 0 Å². The van der Waals surface area contributed by atoms with E-state index in [1.54, 1.807) is 0 Å². The van der Waals surface area contributed by atoms with Gasteiger partial charge in [-0.15, -0.1) is 23.5 Å². The van der Waals surface area contributed by atoms with E-state index in [0.717, 1.165) is 29.1 Å². The standard InChI is InChI=1S/C21H35N3S3/c1-6-15(2)23-18-8-7-13-21(26-4,27-5)14-19(18)24(3)20(25)16-9-11-17(22)12-10-16/h9-12,15,18-19,23H,6-8,13-14,22H2,1-5H3. The van der Waals surface area contributed by atoms with Crippen molar-refractivity contribution in [2.24, 2.45) is 0 Å². The Hall–Kier alpha value is -0.430. The van der Waals surface area contributed by atoms with Crippen LogP contribution >= 0.6 is 35.7 Å². The molecule has 1 aliphatic carbocycles. The Kier molecular flexibility index (Phi) is 8.78. The molecule has 1 aliphatic rings. The van der Waals surface area contributed by atoms with E-state index in [-0.39, 0.29) is 4.08 Å². The number of hydrogen-bond acceptors (Lipinski definition) is 5. The second-order valence-corrected chi connectivity index (χ2v) is 10.6. The molecule has 0 radical (unpaired) electrons. The van der Waals surface area contributed by atoms with Crippen molar-refractivity contribution >= 4 is 46.4 Å². The fourth-order valence-electron chi connectivity index (χ4n) is 3.87. The van der Waals surface area contributed by atoms with Gasteiger partial charge in [0.1, 0.15) is 4.99 Å². The van der Waals surface area contributed by atoms with Crippen molar-refractivity contribution in [3.8, 4) is 0 Å². The molecule has 3 unspecified atom stereocenters. The van der Waals surface area contributed by atoms with Gasteiger partial charge in [0, 0.05) is 36.4 Å². The summed E-state index contributed by atoms with van der Waals surface area (Å²) in [6.07, 6.45) is 10.5.